The molecule has 0 spiro atoms. The fourth-order valence-electron chi connectivity index (χ4n) is 1.43. The first kappa shape index (κ1) is 14.2. The largest absolute Gasteiger partial charge is 0.394 e. The van der Waals surface area contributed by atoms with Gasteiger partial charge in [-0.25, -0.2) is 0 Å². The van der Waals surface area contributed by atoms with E-state index in [1.807, 2.05) is 26.8 Å². The molecule has 3 heteroatoms. The highest BCUT2D eigenvalue weighted by atomic mass is 16.3. The number of rotatable bonds is 6. The van der Waals surface area contributed by atoms with Gasteiger partial charge in [-0.15, -0.1) is 0 Å². The predicted octanol–water partition coefficient (Wildman–Crippen LogP) is 2.01. The van der Waals surface area contributed by atoms with Crippen LogP contribution in [0.4, 0.5) is 0 Å². The third-order valence-electron chi connectivity index (χ3n) is 2.90. The molecule has 0 heterocycles. The first-order valence-electron chi connectivity index (χ1n) is 5.65. The first-order valence-corrected chi connectivity index (χ1v) is 5.65. The van der Waals surface area contributed by atoms with E-state index in [0.29, 0.717) is 0 Å². The summed E-state index contributed by atoms with van der Waals surface area (Å²) in [6.07, 6.45) is 4.22. The van der Waals surface area contributed by atoms with Crippen molar-refractivity contribution in [2.45, 2.75) is 52.5 Å². The van der Waals surface area contributed by atoms with Gasteiger partial charge in [0.15, 0.2) is 0 Å². The lowest BCUT2D eigenvalue weighted by Gasteiger charge is -2.30. The number of carbonyl (C=O) groups is 1. The van der Waals surface area contributed by atoms with Crippen molar-refractivity contribution >= 4 is 5.91 Å². The number of carbonyl (C=O) groups excluding carboxylic acids is 1. The number of amides is 1. The Morgan fingerprint density at radius 2 is 1.87 bits per heavy atom. The van der Waals surface area contributed by atoms with Crippen LogP contribution in [-0.2, 0) is 4.79 Å². The van der Waals surface area contributed by atoms with E-state index in [2.05, 4.69) is 5.32 Å². The monoisotopic (exact) mass is 213 g/mol. The number of hydrogen-bond acceptors (Lipinski definition) is 2. The Labute approximate surface area is 92.6 Å². The highest BCUT2D eigenvalue weighted by Gasteiger charge is 2.27. The summed E-state index contributed by atoms with van der Waals surface area (Å²) in [4.78, 5) is 11.7. The Hall–Kier alpha value is -0.830. The van der Waals surface area contributed by atoms with E-state index in [-0.39, 0.29) is 12.5 Å². The van der Waals surface area contributed by atoms with Gasteiger partial charge in [0, 0.05) is 5.57 Å². The van der Waals surface area contributed by atoms with Crippen LogP contribution in [0.25, 0.3) is 0 Å². The van der Waals surface area contributed by atoms with Crippen molar-refractivity contribution in [1.82, 2.24) is 5.32 Å². The molecule has 2 N–H and O–H groups in total. The van der Waals surface area contributed by atoms with Crippen molar-refractivity contribution in [3.63, 3.8) is 0 Å². The molecule has 0 fully saturated rings. The average molecular weight is 213 g/mol. The Kier molecular flexibility index (Phi) is 6.25. The van der Waals surface area contributed by atoms with E-state index in [9.17, 15) is 9.90 Å². The SMILES string of the molecule is CCC=C(C)C(=O)NC(CC)(CC)CO. The fourth-order valence-corrected chi connectivity index (χ4v) is 1.43. The summed E-state index contributed by atoms with van der Waals surface area (Å²) in [6, 6.07) is 0. The first-order chi connectivity index (χ1) is 7.05. The van der Waals surface area contributed by atoms with E-state index in [4.69, 9.17) is 0 Å². The van der Waals surface area contributed by atoms with E-state index in [1.54, 1.807) is 6.92 Å². The van der Waals surface area contributed by atoms with Gasteiger partial charge in [-0.05, 0) is 26.2 Å². The second kappa shape index (κ2) is 6.62. The standard InChI is InChI=1S/C12H23NO2/c1-5-8-10(4)11(15)13-12(6-2,7-3)9-14/h8,14H,5-7,9H2,1-4H3,(H,13,15). The van der Waals surface area contributed by atoms with Crippen molar-refractivity contribution in [3.05, 3.63) is 11.6 Å². The van der Waals surface area contributed by atoms with E-state index >= 15 is 0 Å². The molecule has 0 saturated carbocycles. The van der Waals surface area contributed by atoms with Gasteiger partial charge in [0.2, 0.25) is 5.91 Å². The van der Waals surface area contributed by atoms with Crippen molar-refractivity contribution in [1.29, 1.82) is 0 Å². The van der Waals surface area contributed by atoms with Gasteiger partial charge in [0.25, 0.3) is 0 Å². The summed E-state index contributed by atoms with van der Waals surface area (Å²) < 4.78 is 0. The fraction of sp³-hybridized carbons (Fsp3) is 0.750. The van der Waals surface area contributed by atoms with Crippen LogP contribution in [0.1, 0.15) is 47.0 Å². The van der Waals surface area contributed by atoms with Crippen LogP contribution >= 0.6 is 0 Å². The molecule has 0 radical (unpaired) electrons. The van der Waals surface area contributed by atoms with Gasteiger partial charge in [0.1, 0.15) is 0 Å². The van der Waals surface area contributed by atoms with Crippen LogP contribution in [0.3, 0.4) is 0 Å². The normalized spacial score (nSPS) is 12.7. The Morgan fingerprint density at radius 1 is 1.33 bits per heavy atom. The molecule has 0 aromatic carbocycles. The minimum atomic E-state index is -0.458. The van der Waals surface area contributed by atoms with E-state index < -0.39 is 5.54 Å². The lowest BCUT2D eigenvalue weighted by Crippen LogP contribution is -2.50. The molecular formula is C12H23NO2. The summed E-state index contributed by atoms with van der Waals surface area (Å²) in [7, 11) is 0. The molecule has 0 aliphatic heterocycles. The minimum absolute atomic E-state index is 0.00878. The second-order valence-corrected chi connectivity index (χ2v) is 3.90. The number of aliphatic hydroxyl groups is 1. The zero-order valence-electron chi connectivity index (χ0n) is 10.3. The number of aliphatic hydroxyl groups excluding tert-OH is 1. The molecule has 0 saturated heterocycles. The summed E-state index contributed by atoms with van der Waals surface area (Å²) in [5, 5.41) is 12.2. The smallest absolute Gasteiger partial charge is 0.247 e. The van der Waals surface area contributed by atoms with Crippen LogP contribution in [0.2, 0.25) is 0 Å². The molecule has 0 aromatic rings. The molecule has 0 bridgehead atoms. The van der Waals surface area contributed by atoms with Crippen LogP contribution < -0.4 is 5.32 Å². The number of nitrogens with one attached hydrogen (secondary N) is 1. The van der Waals surface area contributed by atoms with E-state index in [1.165, 1.54) is 0 Å². The number of allylic oxidation sites excluding steroid dienone is 1. The average Bonchev–Trinajstić information content (AvgIpc) is 2.26. The topological polar surface area (TPSA) is 49.3 Å². The molecule has 0 atom stereocenters. The molecule has 88 valence electrons. The molecule has 0 rings (SSSR count). The summed E-state index contributed by atoms with van der Waals surface area (Å²) in [5.74, 6) is -0.0744. The van der Waals surface area contributed by atoms with Gasteiger partial charge < -0.3 is 10.4 Å². The predicted molar refractivity (Wildman–Crippen MR) is 62.6 cm³/mol. The Balaban J connectivity index is 4.55. The molecule has 0 aliphatic rings. The molecule has 0 aliphatic carbocycles. The zero-order valence-corrected chi connectivity index (χ0v) is 10.3. The molecule has 1 amide bonds. The highest BCUT2D eigenvalue weighted by Crippen LogP contribution is 2.14. The lowest BCUT2D eigenvalue weighted by molar-refractivity contribution is -0.120. The van der Waals surface area contributed by atoms with Crippen molar-refractivity contribution in [2.75, 3.05) is 6.61 Å². The minimum Gasteiger partial charge on any atom is -0.394 e. The highest BCUT2D eigenvalue weighted by molar-refractivity contribution is 5.93. The van der Waals surface area contributed by atoms with Gasteiger partial charge in [-0.3, -0.25) is 4.79 Å². The number of hydrogen-bond donors (Lipinski definition) is 2. The Morgan fingerprint density at radius 3 is 2.20 bits per heavy atom. The van der Waals surface area contributed by atoms with Crippen LogP contribution in [-0.4, -0.2) is 23.2 Å². The molecule has 15 heavy (non-hydrogen) atoms. The van der Waals surface area contributed by atoms with Crippen LogP contribution in [0.5, 0.6) is 0 Å². The molecule has 0 unspecified atom stereocenters. The summed E-state index contributed by atoms with van der Waals surface area (Å²) in [6.45, 7) is 7.73. The van der Waals surface area contributed by atoms with Gasteiger partial charge in [0.05, 0.1) is 12.1 Å². The van der Waals surface area contributed by atoms with Gasteiger partial charge in [-0.1, -0.05) is 26.8 Å². The van der Waals surface area contributed by atoms with E-state index in [0.717, 1.165) is 24.8 Å². The van der Waals surface area contributed by atoms with Gasteiger partial charge in [-0.2, -0.15) is 0 Å². The molecule has 0 aromatic heterocycles. The summed E-state index contributed by atoms with van der Waals surface area (Å²) in [5.41, 5.74) is 0.261. The van der Waals surface area contributed by atoms with Crippen LogP contribution in [0, 0.1) is 0 Å². The van der Waals surface area contributed by atoms with Crippen molar-refractivity contribution < 1.29 is 9.90 Å². The third kappa shape index (κ3) is 4.04. The second-order valence-electron chi connectivity index (χ2n) is 3.90. The van der Waals surface area contributed by atoms with Crippen molar-refractivity contribution in [2.24, 2.45) is 0 Å². The maximum absolute atomic E-state index is 11.7. The Bertz CT molecular complexity index is 222. The zero-order chi connectivity index (χ0) is 11.9. The molecule has 3 nitrogen and oxygen atoms in total. The molecular weight excluding hydrogens is 190 g/mol. The quantitative estimate of drug-likeness (QED) is 0.663. The maximum atomic E-state index is 11.7. The van der Waals surface area contributed by atoms with Gasteiger partial charge >= 0.3 is 0 Å². The third-order valence-corrected chi connectivity index (χ3v) is 2.90. The maximum Gasteiger partial charge on any atom is 0.247 e. The van der Waals surface area contributed by atoms with Crippen molar-refractivity contribution in [3.8, 4) is 0 Å². The summed E-state index contributed by atoms with van der Waals surface area (Å²) >= 11 is 0. The lowest BCUT2D eigenvalue weighted by atomic mass is 9.93. The van der Waals surface area contributed by atoms with Crippen LogP contribution in [0.15, 0.2) is 11.6 Å².